The average molecular weight is 493 g/mol. The van der Waals surface area contributed by atoms with E-state index in [1.807, 2.05) is 6.92 Å². The summed E-state index contributed by atoms with van der Waals surface area (Å²) >= 11 is 6.18. The number of hydrogen-bond donors (Lipinski definition) is 1. The van der Waals surface area contributed by atoms with Gasteiger partial charge in [-0.2, -0.15) is 0 Å². The van der Waals surface area contributed by atoms with Crippen LogP contribution in [0.25, 0.3) is 0 Å². The zero-order valence-corrected chi connectivity index (χ0v) is 19.7. The van der Waals surface area contributed by atoms with Crippen LogP contribution in [-0.4, -0.2) is 31.5 Å². The number of imide groups is 1. The Morgan fingerprint density at radius 2 is 1.57 bits per heavy atom. The Kier molecular flexibility index (Phi) is 7.03. The van der Waals surface area contributed by atoms with Gasteiger partial charge in [0.1, 0.15) is 16.5 Å². The molecule has 9 heteroatoms. The van der Waals surface area contributed by atoms with Gasteiger partial charge in [-0.1, -0.05) is 23.7 Å². The number of carbonyl (C=O) groups excluding carboxylic acids is 3. The molecule has 1 aliphatic rings. The molecule has 3 aromatic carbocycles. The van der Waals surface area contributed by atoms with Crippen molar-refractivity contribution in [3.63, 3.8) is 0 Å². The molecule has 0 spiro atoms. The number of ether oxygens (including phenoxy) is 3. The van der Waals surface area contributed by atoms with Crippen molar-refractivity contribution in [1.82, 2.24) is 0 Å². The minimum atomic E-state index is -0.641. The lowest BCUT2D eigenvalue weighted by molar-refractivity contribution is -0.120. The Labute approximate surface area is 206 Å². The van der Waals surface area contributed by atoms with Gasteiger partial charge in [-0.3, -0.25) is 9.59 Å². The van der Waals surface area contributed by atoms with Crippen LogP contribution in [0.1, 0.15) is 17.3 Å². The SMILES string of the molecule is CCOc1ccccc1OC(=O)c1ccc(NC2=C(Cl)C(=O)N(c3ccc(OC)cc3)C2=O)cc1. The molecule has 4 rings (SSSR count). The highest BCUT2D eigenvalue weighted by atomic mass is 35.5. The molecule has 0 atom stereocenters. The molecule has 178 valence electrons. The first-order chi connectivity index (χ1) is 16.9. The van der Waals surface area contributed by atoms with Crippen molar-refractivity contribution < 1.29 is 28.6 Å². The van der Waals surface area contributed by atoms with Gasteiger partial charge < -0.3 is 19.5 Å². The third-order valence-electron chi connectivity index (χ3n) is 5.10. The lowest BCUT2D eigenvalue weighted by Gasteiger charge is -2.15. The van der Waals surface area contributed by atoms with Gasteiger partial charge in [0.2, 0.25) is 0 Å². The van der Waals surface area contributed by atoms with Crippen LogP contribution in [0.5, 0.6) is 17.2 Å². The van der Waals surface area contributed by atoms with Crippen molar-refractivity contribution in [2.75, 3.05) is 23.9 Å². The van der Waals surface area contributed by atoms with Crippen LogP contribution in [0.4, 0.5) is 11.4 Å². The summed E-state index contributed by atoms with van der Waals surface area (Å²) < 4.78 is 16.0. The van der Waals surface area contributed by atoms with Crippen LogP contribution in [0.2, 0.25) is 0 Å². The first-order valence-electron chi connectivity index (χ1n) is 10.7. The van der Waals surface area contributed by atoms with Gasteiger partial charge in [-0.25, -0.2) is 9.69 Å². The number of nitrogens with zero attached hydrogens (tertiary/aromatic N) is 1. The smallest absolute Gasteiger partial charge is 0.343 e. The Morgan fingerprint density at radius 1 is 0.914 bits per heavy atom. The van der Waals surface area contributed by atoms with Crippen molar-refractivity contribution in [1.29, 1.82) is 0 Å². The van der Waals surface area contributed by atoms with E-state index in [0.717, 1.165) is 4.90 Å². The Bertz CT molecular complexity index is 1300. The molecule has 0 saturated heterocycles. The minimum Gasteiger partial charge on any atom is -0.497 e. The fraction of sp³-hybridized carbons (Fsp3) is 0.115. The number of anilines is 2. The molecule has 0 fully saturated rings. The van der Waals surface area contributed by atoms with Gasteiger partial charge in [0, 0.05) is 5.69 Å². The molecule has 3 aromatic rings. The van der Waals surface area contributed by atoms with Crippen LogP contribution >= 0.6 is 11.6 Å². The number of methoxy groups -OCH3 is 1. The normalized spacial score (nSPS) is 13.2. The topological polar surface area (TPSA) is 94.2 Å². The van der Waals surface area contributed by atoms with Gasteiger partial charge in [0.05, 0.1) is 25.0 Å². The van der Waals surface area contributed by atoms with Crippen molar-refractivity contribution in [2.45, 2.75) is 6.92 Å². The number of carbonyl (C=O) groups is 3. The lowest BCUT2D eigenvalue weighted by atomic mass is 10.2. The second kappa shape index (κ2) is 10.3. The van der Waals surface area contributed by atoms with E-state index in [0.29, 0.717) is 35.2 Å². The van der Waals surface area contributed by atoms with E-state index in [4.69, 9.17) is 25.8 Å². The number of hydrogen-bond acceptors (Lipinski definition) is 7. The summed E-state index contributed by atoms with van der Waals surface area (Å²) in [6.45, 7) is 2.27. The molecule has 2 amide bonds. The van der Waals surface area contributed by atoms with Gasteiger partial charge in [0.15, 0.2) is 11.5 Å². The summed E-state index contributed by atoms with van der Waals surface area (Å²) in [5.74, 6) is -0.441. The molecule has 0 aromatic heterocycles. The number of halogens is 1. The van der Waals surface area contributed by atoms with E-state index >= 15 is 0 Å². The van der Waals surface area contributed by atoms with Crippen molar-refractivity contribution in [3.05, 3.63) is 89.1 Å². The molecule has 35 heavy (non-hydrogen) atoms. The molecule has 0 saturated carbocycles. The summed E-state index contributed by atoms with van der Waals surface area (Å²) in [5, 5.41) is 2.64. The Hall–Kier alpha value is -4.30. The van der Waals surface area contributed by atoms with E-state index in [-0.39, 0.29) is 16.3 Å². The highest BCUT2D eigenvalue weighted by Gasteiger charge is 2.39. The predicted molar refractivity (Wildman–Crippen MR) is 131 cm³/mol. The van der Waals surface area contributed by atoms with Crippen LogP contribution in [0.3, 0.4) is 0 Å². The maximum absolute atomic E-state index is 12.9. The van der Waals surface area contributed by atoms with Crippen LogP contribution < -0.4 is 24.4 Å². The quantitative estimate of drug-likeness (QED) is 0.275. The predicted octanol–water partition coefficient (Wildman–Crippen LogP) is 4.75. The van der Waals surface area contributed by atoms with Crippen LogP contribution in [0, 0.1) is 0 Å². The summed E-state index contributed by atoms with van der Waals surface area (Å²) in [7, 11) is 1.52. The number of nitrogens with one attached hydrogen (secondary N) is 1. The molecule has 1 aliphatic heterocycles. The van der Waals surface area contributed by atoms with E-state index in [1.165, 1.54) is 19.2 Å². The molecule has 0 radical (unpaired) electrons. The summed E-state index contributed by atoms with van der Waals surface area (Å²) in [6, 6.07) is 19.6. The fourth-order valence-electron chi connectivity index (χ4n) is 3.38. The summed E-state index contributed by atoms with van der Waals surface area (Å²) in [6.07, 6.45) is 0. The maximum Gasteiger partial charge on any atom is 0.343 e. The lowest BCUT2D eigenvalue weighted by Crippen LogP contribution is -2.32. The monoisotopic (exact) mass is 492 g/mol. The first kappa shape index (κ1) is 23.8. The number of amides is 2. The van der Waals surface area contributed by atoms with Gasteiger partial charge in [0.25, 0.3) is 11.8 Å². The van der Waals surface area contributed by atoms with E-state index in [9.17, 15) is 14.4 Å². The molecule has 0 aliphatic carbocycles. The minimum absolute atomic E-state index is 0.0616. The number of esters is 1. The standard InChI is InChI=1S/C26H21ClN2O6/c1-3-34-20-6-4-5-7-21(20)35-26(32)16-8-10-17(11-9-16)28-23-22(27)24(30)29(25(23)31)18-12-14-19(33-2)15-13-18/h4-15,28H,3H2,1-2H3. The largest absolute Gasteiger partial charge is 0.497 e. The van der Waals surface area contributed by atoms with E-state index in [1.54, 1.807) is 60.7 Å². The van der Waals surface area contributed by atoms with Gasteiger partial charge in [-0.05, 0) is 67.6 Å². The summed E-state index contributed by atoms with van der Waals surface area (Å²) in [4.78, 5) is 39.1. The Balaban J connectivity index is 1.47. The number of benzene rings is 3. The van der Waals surface area contributed by atoms with Crippen molar-refractivity contribution in [3.8, 4) is 17.2 Å². The molecule has 8 nitrogen and oxygen atoms in total. The third-order valence-corrected chi connectivity index (χ3v) is 5.45. The molecule has 0 unspecified atom stereocenters. The molecule has 0 bridgehead atoms. The molecular weight excluding hydrogens is 472 g/mol. The first-order valence-corrected chi connectivity index (χ1v) is 11.0. The summed E-state index contributed by atoms with van der Waals surface area (Å²) in [5.41, 5.74) is 1.05. The fourth-order valence-corrected chi connectivity index (χ4v) is 3.59. The third kappa shape index (κ3) is 4.97. The average Bonchev–Trinajstić information content (AvgIpc) is 3.08. The zero-order chi connectivity index (χ0) is 24.9. The molecule has 1 heterocycles. The second-order valence-corrected chi connectivity index (χ2v) is 7.68. The number of para-hydroxylation sites is 2. The highest BCUT2D eigenvalue weighted by Crippen LogP contribution is 2.31. The van der Waals surface area contributed by atoms with Gasteiger partial charge >= 0.3 is 5.97 Å². The van der Waals surface area contributed by atoms with Gasteiger partial charge in [-0.15, -0.1) is 0 Å². The zero-order valence-electron chi connectivity index (χ0n) is 18.9. The van der Waals surface area contributed by atoms with Crippen molar-refractivity contribution >= 4 is 40.8 Å². The van der Waals surface area contributed by atoms with Crippen LogP contribution in [-0.2, 0) is 9.59 Å². The maximum atomic E-state index is 12.9. The Morgan fingerprint density at radius 3 is 2.20 bits per heavy atom. The van der Waals surface area contributed by atoms with Crippen molar-refractivity contribution in [2.24, 2.45) is 0 Å². The number of rotatable bonds is 8. The van der Waals surface area contributed by atoms with E-state index < -0.39 is 17.8 Å². The molecule has 1 N–H and O–H groups in total. The second-order valence-electron chi connectivity index (χ2n) is 7.30. The highest BCUT2D eigenvalue weighted by molar-refractivity contribution is 6.53. The molecular formula is C26H21ClN2O6. The van der Waals surface area contributed by atoms with Crippen LogP contribution in [0.15, 0.2) is 83.5 Å². The van der Waals surface area contributed by atoms with E-state index in [2.05, 4.69) is 5.32 Å².